The summed E-state index contributed by atoms with van der Waals surface area (Å²) in [5.41, 5.74) is 1.75. The fourth-order valence-corrected chi connectivity index (χ4v) is 1.84. The van der Waals surface area contributed by atoms with Gasteiger partial charge in [-0.05, 0) is 29.8 Å². The van der Waals surface area contributed by atoms with Gasteiger partial charge in [-0.15, -0.1) is 12.6 Å². The van der Waals surface area contributed by atoms with Crippen LogP contribution in [-0.4, -0.2) is 11.8 Å². The third-order valence-electron chi connectivity index (χ3n) is 2.58. The number of thiol groups is 1. The maximum absolute atomic E-state index is 11.8. The van der Waals surface area contributed by atoms with E-state index in [1.807, 2.05) is 42.5 Å². The highest BCUT2D eigenvalue weighted by molar-refractivity contribution is 7.80. The van der Waals surface area contributed by atoms with Crippen LogP contribution in [0.15, 0.2) is 54.6 Å². The largest absolute Gasteiger partial charge is 0.483 e. The molecule has 0 bridgehead atoms. The first-order valence-electron chi connectivity index (χ1n) is 5.95. The van der Waals surface area contributed by atoms with Crippen molar-refractivity contribution in [3.8, 4) is 5.75 Å². The van der Waals surface area contributed by atoms with Crippen LogP contribution in [0, 0.1) is 0 Å². The standard InChI is InChI=1S/C15H15NO2S/c17-15(10-12-4-2-1-3-5-12)16-13-6-8-14(9-7-13)18-11-19/h1-9,19H,10-11H2,(H,16,17). The lowest BCUT2D eigenvalue weighted by Crippen LogP contribution is -2.14. The maximum atomic E-state index is 11.8. The highest BCUT2D eigenvalue weighted by Crippen LogP contribution is 2.16. The molecule has 0 unspecified atom stereocenters. The van der Waals surface area contributed by atoms with E-state index in [0.29, 0.717) is 12.4 Å². The summed E-state index contributed by atoms with van der Waals surface area (Å²) in [4.78, 5) is 11.8. The van der Waals surface area contributed by atoms with E-state index in [1.54, 1.807) is 12.1 Å². The number of nitrogens with one attached hydrogen (secondary N) is 1. The zero-order chi connectivity index (χ0) is 13.5. The number of ether oxygens (including phenoxy) is 1. The van der Waals surface area contributed by atoms with E-state index in [-0.39, 0.29) is 5.91 Å². The van der Waals surface area contributed by atoms with Crippen molar-refractivity contribution >= 4 is 24.2 Å². The normalized spacial score (nSPS) is 9.95. The van der Waals surface area contributed by atoms with Gasteiger partial charge in [0.25, 0.3) is 0 Å². The quantitative estimate of drug-likeness (QED) is 0.649. The number of amides is 1. The van der Waals surface area contributed by atoms with Gasteiger partial charge in [0.1, 0.15) is 11.7 Å². The van der Waals surface area contributed by atoms with Gasteiger partial charge in [-0.2, -0.15) is 0 Å². The highest BCUT2D eigenvalue weighted by Gasteiger charge is 2.03. The molecule has 4 heteroatoms. The third-order valence-corrected chi connectivity index (χ3v) is 2.71. The van der Waals surface area contributed by atoms with Crippen LogP contribution >= 0.6 is 12.6 Å². The second-order valence-corrected chi connectivity index (χ2v) is 4.27. The topological polar surface area (TPSA) is 38.3 Å². The summed E-state index contributed by atoms with van der Waals surface area (Å²) in [5.74, 6) is 1.03. The van der Waals surface area contributed by atoms with Gasteiger partial charge in [-0.25, -0.2) is 0 Å². The van der Waals surface area contributed by atoms with E-state index in [1.165, 1.54) is 0 Å². The Kier molecular flexibility index (Phi) is 4.86. The smallest absolute Gasteiger partial charge is 0.228 e. The molecule has 2 aromatic rings. The minimum atomic E-state index is -0.0333. The lowest BCUT2D eigenvalue weighted by Gasteiger charge is -2.07. The first-order chi connectivity index (χ1) is 9.28. The Hall–Kier alpha value is -1.94. The first-order valence-corrected chi connectivity index (χ1v) is 6.58. The van der Waals surface area contributed by atoms with Gasteiger partial charge in [0.15, 0.2) is 0 Å². The lowest BCUT2D eigenvalue weighted by molar-refractivity contribution is -0.115. The molecule has 0 spiro atoms. The zero-order valence-corrected chi connectivity index (χ0v) is 11.3. The molecule has 0 heterocycles. The molecule has 0 atom stereocenters. The number of hydrogen-bond acceptors (Lipinski definition) is 3. The van der Waals surface area contributed by atoms with E-state index in [2.05, 4.69) is 17.9 Å². The van der Waals surface area contributed by atoms with Crippen molar-refractivity contribution in [2.45, 2.75) is 6.42 Å². The van der Waals surface area contributed by atoms with Gasteiger partial charge < -0.3 is 10.1 Å². The number of carbonyl (C=O) groups is 1. The Morgan fingerprint density at radius 3 is 2.37 bits per heavy atom. The van der Waals surface area contributed by atoms with Crippen LogP contribution in [0.5, 0.6) is 5.75 Å². The molecule has 0 saturated carbocycles. The fourth-order valence-electron chi connectivity index (χ4n) is 1.70. The predicted molar refractivity (Wildman–Crippen MR) is 79.7 cm³/mol. The van der Waals surface area contributed by atoms with E-state index < -0.39 is 0 Å². The Morgan fingerprint density at radius 2 is 1.74 bits per heavy atom. The van der Waals surface area contributed by atoms with Crippen molar-refractivity contribution in [2.75, 3.05) is 11.3 Å². The van der Waals surface area contributed by atoms with Crippen molar-refractivity contribution in [1.29, 1.82) is 0 Å². The summed E-state index contributed by atoms with van der Waals surface area (Å²) >= 11 is 3.98. The van der Waals surface area contributed by atoms with E-state index in [0.717, 1.165) is 17.0 Å². The molecule has 1 N–H and O–H groups in total. The van der Waals surface area contributed by atoms with E-state index in [4.69, 9.17) is 4.74 Å². The summed E-state index contributed by atoms with van der Waals surface area (Å²) in [6.45, 7) is 0. The molecular formula is C15H15NO2S. The molecule has 0 fully saturated rings. The Balaban J connectivity index is 1.91. The molecule has 0 saturated heterocycles. The van der Waals surface area contributed by atoms with E-state index in [9.17, 15) is 4.79 Å². The zero-order valence-electron chi connectivity index (χ0n) is 10.4. The van der Waals surface area contributed by atoms with Gasteiger partial charge in [0.2, 0.25) is 5.91 Å². The molecule has 2 aromatic carbocycles. The molecule has 0 aliphatic heterocycles. The van der Waals surface area contributed by atoms with Gasteiger partial charge in [-0.3, -0.25) is 4.79 Å². The van der Waals surface area contributed by atoms with E-state index >= 15 is 0 Å². The van der Waals surface area contributed by atoms with Crippen LogP contribution in [0.3, 0.4) is 0 Å². The molecule has 3 nitrogen and oxygen atoms in total. The fraction of sp³-hybridized carbons (Fsp3) is 0.133. The number of rotatable bonds is 5. The van der Waals surface area contributed by atoms with Crippen molar-refractivity contribution in [3.05, 3.63) is 60.2 Å². The summed E-state index contributed by atoms with van der Waals surface area (Å²) in [6, 6.07) is 16.9. The van der Waals surface area contributed by atoms with Crippen LogP contribution in [0.4, 0.5) is 5.69 Å². The second-order valence-electron chi connectivity index (χ2n) is 4.01. The molecule has 0 aromatic heterocycles. The number of carbonyl (C=O) groups excluding carboxylic acids is 1. The maximum Gasteiger partial charge on any atom is 0.228 e. The Bertz CT molecular complexity index is 526. The minimum absolute atomic E-state index is 0.0333. The third kappa shape index (κ3) is 4.34. The SMILES string of the molecule is O=C(Cc1ccccc1)Nc1ccc(OCS)cc1. The number of benzene rings is 2. The monoisotopic (exact) mass is 273 g/mol. The number of anilines is 1. The molecule has 98 valence electrons. The molecule has 0 aliphatic rings. The predicted octanol–water partition coefficient (Wildman–Crippen LogP) is 3.13. The van der Waals surface area contributed by atoms with Gasteiger partial charge >= 0.3 is 0 Å². The summed E-state index contributed by atoms with van der Waals surface area (Å²) < 4.78 is 5.21. The van der Waals surface area contributed by atoms with Gasteiger partial charge in [0.05, 0.1) is 6.42 Å². The first kappa shape index (κ1) is 13.5. The van der Waals surface area contributed by atoms with Gasteiger partial charge in [-0.1, -0.05) is 30.3 Å². The van der Waals surface area contributed by atoms with Crippen LogP contribution in [0.25, 0.3) is 0 Å². The number of hydrogen-bond donors (Lipinski definition) is 2. The van der Waals surface area contributed by atoms with Crippen molar-refractivity contribution in [2.24, 2.45) is 0 Å². The van der Waals surface area contributed by atoms with Crippen molar-refractivity contribution in [3.63, 3.8) is 0 Å². The Morgan fingerprint density at radius 1 is 1.05 bits per heavy atom. The molecule has 0 aliphatic carbocycles. The van der Waals surface area contributed by atoms with Crippen molar-refractivity contribution < 1.29 is 9.53 Å². The van der Waals surface area contributed by atoms with Crippen molar-refractivity contribution in [1.82, 2.24) is 0 Å². The average molecular weight is 273 g/mol. The minimum Gasteiger partial charge on any atom is -0.483 e. The lowest BCUT2D eigenvalue weighted by atomic mass is 10.1. The molecule has 19 heavy (non-hydrogen) atoms. The van der Waals surface area contributed by atoms with Crippen LogP contribution < -0.4 is 10.1 Å². The Labute approximate surface area is 118 Å². The van der Waals surface area contributed by atoms with Crippen LogP contribution in [0.1, 0.15) is 5.56 Å². The molecule has 2 rings (SSSR count). The molecule has 1 amide bonds. The summed E-state index contributed by atoms with van der Waals surface area (Å²) in [7, 11) is 0. The van der Waals surface area contributed by atoms with Crippen LogP contribution in [0.2, 0.25) is 0 Å². The highest BCUT2D eigenvalue weighted by atomic mass is 32.1. The summed E-state index contributed by atoms with van der Waals surface area (Å²) in [5, 5.41) is 2.85. The molecule has 0 radical (unpaired) electrons. The summed E-state index contributed by atoms with van der Waals surface area (Å²) in [6.07, 6.45) is 0.371. The van der Waals surface area contributed by atoms with Crippen LogP contribution in [-0.2, 0) is 11.2 Å². The molecular weight excluding hydrogens is 258 g/mol. The average Bonchev–Trinajstić information content (AvgIpc) is 2.42. The van der Waals surface area contributed by atoms with Gasteiger partial charge in [0, 0.05) is 5.69 Å². The second kappa shape index (κ2) is 6.85.